The van der Waals surface area contributed by atoms with E-state index in [-0.39, 0.29) is 24.3 Å². The molecule has 16 heteroatoms. The predicted molar refractivity (Wildman–Crippen MR) is 274 cm³/mol. The van der Waals surface area contributed by atoms with Crippen LogP contribution in [0.3, 0.4) is 0 Å². The molecule has 9 rings (SSSR count). The molecule has 3 atom stereocenters. The number of nitrogens with zero attached hydrogens (tertiary/aromatic N) is 8. The summed E-state index contributed by atoms with van der Waals surface area (Å²) in [6, 6.07) is 15.4. The Balaban J connectivity index is 0.722. The van der Waals surface area contributed by atoms with Gasteiger partial charge in [-0.05, 0) is 144 Å². The first-order valence-electron chi connectivity index (χ1n) is 25.6. The largest absolute Gasteiger partial charge is 0.443 e. The molecule has 2 N–H and O–H groups in total. The monoisotopic (exact) mass is 969 g/mol. The fraction of sp³-hybridized carbons (Fsp3) is 0.509. The standard InChI is InChI=1S/C55H69FN10O5/c1-35-29-48-45(43(15-20-57-48)41-11-13-49(58-32-41)62(6)54(70)71-55(3,4)5)31-44(35)36(2)64-23-18-39(19-24-64)38-7-9-40(10-8-38)53(69)66-21-16-37(17-22-66)34-63-25-27-65(28-26-63)51-46(56)30-42(33-59-51)60-47-12-14-50(67)61-52(47)68/h7-11,13,15,20,30-33,35-37,39,47,60H,12,14,16-19,21-29,34H2,1-6H3,(H,61,67,68)/t35?,36-,47?/m0/s1. The minimum Gasteiger partial charge on any atom is -0.443 e. The number of carbonyl (C=O) groups excluding carboxylic acids is 4. The van der Waals surface area contributed by atoms with Crippen molar-refractivity contribution in [1.82, 2.24) is 35.0 Å². The van der Waals surface area contributed by atoms with Crippen LogP contribution in [-0.2, 0) is 20.7 Å². The number of pyridine rings is 3. The lowest BCUT2D eigenvalue weighted by Gasteiger charge is -2.40. The SMILES string of the molecule is CC1Cc2nccc(-c3ccc(N(C)C(=O)OC(C)(C)C)nc3)c2C=C1[C@H](C)N1CCC(c2ccc(C(=O)N3CCC(CN4CCN(c5ncc(NC6CCC(=O)NC6=O)cc5F)CC4)CC3)cc2)CC1. The normalized spacial score (nSPS) is 21.3. The fourth-order valence-corrected chi connectivity index (χ4v) is 11.0. The summed E-state index contributed by atoms with van der Waals surface area (Å²) < 4.78 is 20.8. The van der Waals surface area contributed by atoms with Crippen molar-refractivity contribution < 1.29 is 28.3 Å². The van der Waals surface area contributed by atoms with E-state index in [1.165, 1.54) is 22.1 Å². The zero-order valence-corrected chi connectivity index (χ0v) is 42.1. The molecule has 4 amide bonds. The highest BCUT2D eigenvalue weighted by molar-refractivity contribution is 6.01. The molecule has 4 saturated heterocycles. The van der Waals surface area contributed by atoms with Gasteiger partial charge in [-0.1, -0.05) is 25.1 Å². The van der Waals surface area contributed by atoms with Crippen LogP contribution in [0.1, 0.15) is 106 Å². The van der Waals surface area contributed by atoms with Gasteiger partial charge in [0, 0.05) is 106 Å². The number of piperazine rings is 1. The molecule has 7 heterocycles. The van der Waals surface area contributed by atoms with Gasteiger partial charge >= 0.3 is 6.09 Å². The number of piperidine rings is 3. The van der Waals surface area contributed by atoms with E-state index in [0.717, 1.165) is 106 Å². The molecule has 0 saturated carbocycles. The van der Waals surface area contributed by atoms with Crippen molar-refractivity contribution in [1.29, 1.82) is 0 Å². The van der Waals surface area contributed by atoms with Crippen molar-refractivity contribution in [3.05, 3.63) is 101 Å². The van der Waals surface area contributed by atoms with Crippen molar-refractivity contribution in [2.75, 3.05) is 81.1 Å². The Bertz CT molecular complexity index is 2610. The zero-order chi connectivity index (χ0) is 50.0. The van der Waals surface area contributed by atoms with Crippen molar-refractivity contribution in [3.63, 3.8) is 0 Å². The molecule has 71 heavy (non-hydrogen) atoms. The fourth-order valence-electron chi connectivity index (χ4n) is 11.0. The highest BCUT2D eigenvalue weighted by atomic mass is 19.1. The van der Waals surface area contributed by atoms with E-state index in [1.54, 1.807) is 13.2 Å². The third-order valence-electron chi connectivity index (χ3n) is 15.2. The topological polar surface area (TPSA) is 156 Å². The lowest BCUT2D eigenvalue weighted by atomic mass is 9.80. The minimum atomic E-state index is -0.595. The Kier molecular flexibility index (Phi) is 14.9. The number of aromatic nitrogens is 3. The third kappa shape index (κ3) is 11.6. The lowest BCUT2D eigenvalue weighted by Crippen LogP contribution is -2.49. The molecule has 376 valence electrons. The summed E-state index contributed by atoms with van der Waals surface area (Å²) in [5.41, 5.74) is 7.59. The lowest BCUT2D eigenvalue weighted by molar-refractivity contribution is -0.133. The molecule has 4 aromatic rings. The number of hydrogen-bond donors (Lipinski definition) is 2. The number of anilines is 3. The van der Waals surface area contributed by atoms with Crippen molar-refractivity contribution in [2.45, 2.75) is 103 Å². The number of nitrogens with one attached hydrogen (secondary N) is 2. The van der Waals surface area contributed by atoms with Crippen molar-refractivity contribution >= 4 is 47.2 Å². The van der Waals surface area contributed by atoms with Gasteiger partial charge in [0.05, 0.1) is 11.9 Å². The summed E-state index contributed by atoms with van der Waals surface area (Å²) in [5, 5.41) is 5.32. The highest BCUT2D eigenvalue weighted by Crippen LogP contribution is 2.38. The van der Waals surface area contributed by atoms with Crippen LogP contribution in [-0.4, -0.2) is 137 Å². The van der Waals surface area contributed by atoms with Gasteiger partial charge in [-0.3, -0.25) is 39.4 Å². The van der Waals surface area contributed by atoms with E-state index in [4.69, 9.17) is 9.72 Å². The first kappa shape index (κ1) is 49.7. The predicted octanol–water partition coefficient (Wildman–Crippen LogP) is 7.78. The smallest absolute Gasteiger partial charge is 0.415 e. The number of amides is 4. The highest BCUT2D eigenvalue weighted by Gasteiger charge is 2.33. The maximum atomic E-state index is 15.2. The molecule has 1 aromatic carbocycles. The van der Waals surface area contributed by atoms with Crippen LogP contribution in [0.25, 0.3) is 17.2 Å². The number of likely N-dealkylation sites (tertiary alicyclic amines) is 2. The summed E-state index contributed by atoms with van der Waals surface area (Å²) >= 11 is 0. The van der Waals surface area contributed by atoms with Crippen LogP contribution in [0, 0.1) is 17.7 Å². The van der Waals surface area contributed by atoms with Gasteiger partial charge in [-0.25, -0.2) is 19.2 Å². The summed E-state index contributed by atoms with van der Waals surface area (Å²) in [7, 11) is 1.67. The molecule has 1 aliphatic carbocycles. The van der Waals surface area contributed by atoms with Crippen LogP contribution >= 0.6 is 0 Å². The van der Waals surface area contributed by atoms with Crippen LogP contribution in [0.4, 0.5) is 26.5 Å². The number of benzene rings is 1. The Morgan fingerprint density at radius 2 is 1.63 bits per heavy atom. The van der Waals surface area contributed by atoms with E-state index in [9.17, 15) is 19.2 Å². The first-order valence-corrected chi connectivity index (χ1v) is 25.6. The number of imide groups is 1. The maximum Gasteiger partial charge on any atom is 0.415 e. The van der Waals surface area contributed by atoms with Crippen LogP contribution < -0.4 is 20.4 Å². The number of hydrogen-bond acceptors (Lipinski definition) is 12. The van der Waals surface area contributed by atoms with Crippen LogP contribution in [0.5, 0.6) is 0 Å². The average molecular weight is 969 g/mol. The second-order valence-electron chi connectivity index (χ2n) is 21.2. The quantitative estimate of drug-likeness (QED) is 0.141. The second kappa shape index (κ2) is 21.2. The van der Waals surface area contributed by atoms with Gasteiger partial charge in [0.15, 0.2) is 11.6 Å². The van der Waals surface area contributed by atoms with Crippen LogP contribution in [0.2, 0.25) is 0 Å². The molecule has 5 aliphatic rings. The third-order valence-corrected chi connectivity index (χ3v) is 15.2. The Labute approximate surface area is 417 Å². The summed E-state index contributed by atoms with van der Waals surface area (Å²) in [6.45, 7) is 17.6. The number of rotatable bonds is 11. The van der Waals surface area contributed by atoms with E-state index < -0.39 is 29.5 Å². The summed E-state index contributed by atoms with van der Waals surface area (Å²) in [4.78, 5) is 74.3. The van der Waals surface area contributed by atoms with Crippen molar-refractivity contribution in [3.8, 4) is 11.1 Å². The van der Waals surface area contributed by atoms with Crippen molar-refractivity contribution in [2.24, 2.45) is 11.8 Å². The number of fused-ring (bicyclic) bond motifs is 1. The number of carbonyl (C=O) groups is 4. The van der Waals surface area contributed by atoms with Gasteiger partial charge in [0.2, 0.25) is 11.8 Å². The maximum absolute atomic E-state index is 15.2. The molecule has 3 aromatic heterocycles. The summed E-state index contributed by atoms with van der Waals surface area (Å²) in [5.74, 6) is 1.11. The molecule has 2 unspecified atom stereocenters. The zero-order valence-electron chi connectivity index (χ0n) is 42.1. The number of ether oxygens (including phenoxy) is 1. The molecule has 4 aliphatic heterocycles. The molecular weight excluding hydrogens is 900 g/mol. The molecule has 15 nitrogen and oxygen atoms in total. The average Bonchev–Trinajstić information content (AvgIpc) is 3.36. The van der Waals surface area contributed by atoms with Gasteiger partial charge in [0.25, 0.3) is 5.91 Å². The van der Waals surface area contributed by atoms with Gasteiger partial charge in [-0.2, -0.15) is 0 Å². The summed E-state index contributed by atoms with van der Waals surface area (Å²) in [6.07, 6.45) is 12.7. The molecule has 0 spiro atoms. The van der Waals surface area contributed by atoms with Gasteiger partial charge < -0.3 is 19.9 Å². The van der Waals surface area contributed by atoms with Gasteiger partial charge in [-0.15, -0.1) is 0 Å². The van der Waals surface area contributed by atoms with E-state index >= 15 is 4.39 Å². The van der Waals surface area contributed by atoms with Gasteiger partial charge in [0.1, 0.15) is 17.5 Å². The Morgan fingerprint density at radius 3 is 2.30 bits per heavy atom. The molecular formula is C55H69FN10O5. The minimum absolute atomic E-state index is 0.106. The van der Waals surface area contributed by atoms with Crippen LogP contribution in [0.15, 0.2) is 72.7 Å². The first-order chi connectivity index (χ1) is 34.1. The molecule has 0 radical (unpaired) electrons. The second-order valence-corrected chi connectivity index (χ2v) is 21.2. The molecule has 4 fully saturated rings. The molecule has 0 bridgehead atoms. The van der Waals surface area contributed by atoms with E-state index in [1.807, 2.05) is 67.2 Å². The number of halogens is 1. The van der Waals surface area contributed by atoms with E-state index in [2.05, 4.69) is 68.5 Å². The van der Waals surface area contributed by atoms with E-state index in [0.29, 0.717) is 54.6 Å². The Hall–Kier alpha value is -6.26. The Morgan fingerprint density at radius 1 is 0.901 bits per heavy atom.